The zero-order valence-electron chi connectivity index (χ0n) is 12.3. The Labute approximate surface area is 120 Å². The predicted molar refractivity (Wildman–Crippen MR) is 85.6 cm³/mol. The van der Waals surface area contributed by atoms with Crippen LogP contribution in [0.2, 0.25) is 0 Å². The van der Waals surface area contributed by atoms with Gasteiger partial charge in [-0.2, -0.15) is 0 Å². The molecular weight excluding hydrogens is 248 g/mol. The molecule has 0 saturated carbocycles. The van der Waals surface area contributed by atoms with Crippen molar-refractivity contribution >= 4 is 11.4 Å². The zero-order valence-corrected chi connectivity index (χ0v) is 12.3. The molecule has 0 amide bonds. The third-order valence-corrected chi connectivity index (χ3v) is 3.72. The van der Waals surface area contributed by atoms with Crippen molar-refractivity contribution in [3.63, 3.8) is 0 Å². The lowest BCUT2D eigenvalue weighted by Gasteiger charge is -2.17. The summed E-state index contributed by atoms with van der Waals surface area (Å²) in [5.74, 6) is 0. The van der Waals surface area contributed by atoms with Crippen LogP contribution in [-0.2, 0) is 6.42 Å². The topological polar surface area (TPSA) is 72.3 Å². The minimum absolute atomic E-state index is 0.399. The number of aliphatic hydroxyl groups is 1. The lowest BCUT2D eigenvalue weighted by atomic mass is 9.91. The van der Waals surface area contributed by atoms with Gasteiger partial charge in [-0.15, -0.1) is 0 Å². The molecule has 0 aliphatic heterocycles. The molecule has 106 valence electrons. The lowest BCUT2D eigenvalue weighted by molar-refractivity contribution is 0.195. The van der Waals surface area contributed by atoms with Gasteiger partial charge in [-0.1, -0.05) is 12.1 Å². The van der Waals surface area contributed by atoms with Crippen LogP contribution in [-0.4, -0.2) is 11.2 Å². The highest BCUT2D eigenvalue weighted by Crippen LogP contribution is 2.31. The normalized spacial score (nSPS) is 12.4. The summed E-state index contributed by atoms with van der Waals surface area (Å²) in [6.45, 7) is 5.79. The maximum atomic E-state index is 9.73. The van der Waals surface area contributed by atoms with Gasteiger partial charge in [0.25, 0.3) is 0 Å². The third kappa shape index (κ3) is 2.78. The number of aliphatic hydroxyl groups excluding tert-OH is 1. The highest BCUT2D eigenvalue weighted by Gasteiger charge is 2.13. The zero-order chi connectivity index (χ0) is 14.9. The Kier molecular flexibility index (Phi) is 4.00. The van der Waals surface area contributed by atoms with Crippen LogP contribution in [0.4, 0.5) is 11.4 Å². The molecule has 2 rings (SSSR count). The standard InChI is InChI=1S/C17H22N2O/c1-10-8-13(4-6-16(10)18)14-5-7-17(19)12(3)15(14)9-11(2)20/h4-8,11,20H,9,18-19H2,1-3H3. The van der Waals surface area contributed by atoms with Gasteiger partial charge >= 0.3 is 0 Å². The molecule has 0 aliphatic carbocycles. The van der Waals surface area contributed by atoms with Crippen LogP contribution in [0.1, 0.15) is 23.6 Å². The van der Waals surface area contributed by atoms with E-state index in [9.17, 15) is 5.11 Å². The first-order valence-corrected chi connectivity index (χ1v) is 6.82. The molecular formula is C17H22N2O. The van der Waals surface area contributed by atoms with Gasteiger partial charge in [0.1, 0.15) is 0 Å². The van der Waals surface area contributed by atoms with Gasteiger partial charge < -0.3 is 16.6 Å². The van der Waals surface area contributed by atoms with Crippen LogP contribution in [0.25, 0.3) is 11.1 Å². The molecule has 0 fully saturated rings. The van der Waals surface area contributed by atoms with E-state index in [0.29, 0.717) is 6.42 Å². The van der Waals surface area contributed by atoms with Crippen LogP contribution < -0.4 is 11.5 Å². The van der Waals surface area contributed by atoms with Gasteiger partial charge in [-0.25, -0.2) is 0 Å². The average molecular weight is 270 g/mol. The first-order valence-electron chi connectivity index (χ1n) is 6.82. The summed E-state index contributed by atoms with van der Waals surface area (Å²) < 4.78 is 0. The summed E-state index contributed by atoms with van der Waals surface area (Å²) in [4.78, 5) is 0. The molecule has 1 unspecified atom stereocenters. The summed E-state index contributed by atoms with van der Waals surface area (Å²) in [6.07, 6.45) is 0.194. The second-order valence-corrected chi connectivity index (χ2v) is 5.43. The monoisotopic (exact) mass is 270 g/mol. The Balaban J connectivity index is 2.60. The molecule has 5 N–H and O–H groups in total. The maximum Gasteiger partial charge on any atom is 0.0552 e. The Hall–Kier alpha value is -2.00. The number of nitrogen functional groups attached to an aromatic ring is 2. The average Bonchev–Trinajstić information content (AvgIpc) is 2.38. The van der Waals surface area contributed by atoms with E-state index in [0.717, 1.165) is 39.2 Å². The molecule has 0 aliphatic rings. The number of benzene rings is 2. The van der Waals surface area contributed by atoms with Crippen molar-refractivity contribution in [1.29, 1.82) is 0 Å². The summed E-state index contributed by atoms with van der Waals surface area (Å²) >= 11 is 0. The Morgan fingerprint density at radius 1 is 1.05 bits per heavy atom. The van der Waals surface area contributed by atoms with Crippen molar-refractivity contribution < 1.29 is 5.11 Å². The molecule has 3 heteroatoms. The highest BCUT2D eigenvalue weighted by atomic mass is 16.3. The maximum absolute atomic E-state index is 9.73. The number of hydrogen-bond acceptors (Lipinski definition) is 3. The molecule has 0 radical (unpaired) electrons. The van der Waals surface area contributed by atoms with Crippen molar-refractivity contribution in [3.05, 3.63) is 47.0 Å². The Morgan fingerprint density at radius 3 is 2.30 bits per heavy atom. The largest absolute Gasteiger partial charge is 0.399 e. The molecule has 0 heterocycles. The minimum Gasteiger partial charge on any atom is -0.399 e. The molecule has 2 aromatic rings. The van der Waals surface area contributed by atoms with Crippen LogP contribution in [0, 0.1) is 13.8 Å². The van der Waals surface area contributed by atoms with Crippen molar-refractivity contribution in [2.75, 3.05) is 11.5 Å². The van der Waals surface area contributed by atoms with Crippen molar-refractivity contribution in [2.24, 2.45) is 0 Å². The van der Waals surface area contributed by atoms with E-state index in [1.165, 1.54) is 0 Å². The molecule has 1 atom stereocenters. The van der Waals surface area contributed by atoms with E-state index in [-0.39, 0.29) is 0 Å². The second kappa shape index (κ2) is 5.55. The summed E-state index contributed by atoms with van der Waals surface area (Å²) in [6, 6.07) is 9.94. The predicted octanol–water partition coefficient (Wildman–Crippen LogP) is 3.06. The number of hydrogen-bond donors (Lipinski definition) is 3. The molecule has 0 bridgehead atoms. The fourth-order valence-corrected chi connectivity index (χ4v) is 2.45. The Morgan fingerprint density at radius 2 is 1.70 bits per heavy atom. The van der Waals surface area contributed by atoms with Gasteiger partial charge in [0.05, 0.1) is 6.10 Å². The molecule has 0 aromatic heterocycles. The van der Waals surface area contributed by atoms with Gasteiger partial charge in [0.2, 0.25) is 0 Å². The van der Waals surface area contributed by atoms with Gasteiger partial charge in [-0.05, 0) is 73.2 Å². The van der Waals surface area contributed by atoms with Crippen molar-refractivity contribution in [2.45, 2.75) is 33.3 Å². The number of rotatable bonds is 3. The Bertz CT molecular complexity index is 633. The quantitative estimate of drug-likeness (QED) is 0.751. The third-order valence-electron chi connectivity index (χ3n) is 3.72. The van der Waals surface area contributed by atoms with Crippen LogP contribution >= 0.6 is 0 Å². The SMILES string of the molecule is Cc1cc(-c2ccc(N)c(C)c2CC(C)O)ccc1N. The first kappa shape index (κ1) is 14.4. The molecule has 3 nitrogen and oxygen atoms in total. The molecule has 0 spiro atoms. The minimum atomic E-state index is -0.399. The number of aryl methyl sites for hydroxylation is 1. The van der Waals surface area contributed by atoms with Gasteiger partial charge in [0, 0.05) is 11.4 Å². The number of anilines is 2. The van der Waals surface area contributed by atoms with Crippen LogP contribution in [0.3, 0.4) is 0 Å². The van der Waals surface area contributed by atoms with Crippen molar-refractivity contribution in [3.8, 4) is 11.1 Å². The van der Waals surface area contributed by atoms with Crippen LogP contribution in [0.15, 0.2) is 30.3 Å². The van der Waals surface area contributed by atoms with E-state index in [1.54, 1.807) is 6.92 Å². The highest BCUT2D eigenvalue weighted by molar-refractivity contribution is 5.74. The molecule has 2 aromatic carbocycles. The fourth-order valence-electron chi connectivity index (χ4n) is 2.45. The first-order chi connectivity index (χ1) is 9.40. The second-order valence-electron chi connectivity index (χ2n) is 5.43. The summed E-state index contributed by atoms with van der Waals surface area (Å²) in [5.41, 5.74) is 18.8. The fraction of sp³-hybridized carbons (Fsp3) is 0.294. The summed E-state index contributed by atoms with van der Waals surface area (Å²) in [5, 5.41) is 9.73. The molecule has 20 heavy (non-hydrogen) atoms. The molecule has 0 saturated heterocycles. The van der Waals surface area contributed by atoms with Crippen LogP contribution in [0.5, 0.6) is 0 Å². The van der Waals surface area contributed by atoms with Gasteiger partial charge in [-0.3, -0.25) is 0 Å². The summed E-state index contributed by atoms with van der Waals surface area (Å²) in [7, 11) is 0. The van der Waals surface area contributed by atoms with Gasteiger partial charge in [0.15, 0.2) is 0 Å². The van der Waals surface area contributed by atoms with E-state index in [2.05, 4.69) is 6.07 Å². The van der Waals surface area contributed by atoms with Crippen molar-refractivity contribution in [1.82, 2.24) is 0 Å². The van der Waals surface area contributed by atoms with E-state index in [1.807, 2.05) is 38.1 Å². The number of nitrogens with two attached hydrogens (primary N) is 2. The van der Waals surface area contributed by atoms with E-state index in [4.69, 9.17) is 11.5 Å². The van der Waals surface area contributed by atoms with E-state index >= 15 is 0 Å². The lowest BCUT2D eigenvalue weighted by Crippen LogP contribution is -2.08. The van der Waals surface area contributed by atoms with E-state index < -0.39 is 6.10 Å². The smallest absolute Gasteiger partial charge is 0.0552 e.